The Kier molecular flexibility index (Phi) is 6.77. The highest BCUT2D eigenvalue weighted by molar-refractivity contribution is 7.89. The van der Waals surface area contributed by atoms with E-state index < -0.39 is 10.0 Å². The maximum absolute atomic E-state index is 12.9. The second-order valence-corrected chi connectivity index (χ2v) is 8.11. The molecule has 0 aromatic heterocycles. The van der Waals surface area contributed by atoms with Gasteiger partial charge in [-0.3, -0.25) is 0 Å². The molecule has 1 rings (SSSR count). The smallest absolute Gasteiger partial charge is 0.218 e. The van der Waals surface area contributed by atoms with Crippen molar-refractivity contribution < 1.29 is 8.42 Å². The van der Waals surface area contributed by atoms with E-state index in [-0.39, 0.29) is 11.3 Å². The molecular formula is C14H30N2O2S. The van der Waals surface area contributed by atoms with E-state index in [4.69, 9.17) is 0 Å². The van der Waals surface area contributed by atoms with E-state index in [0.29, 0.717) is 19.0 Å². The number of rotatable bonds is 7. The Hall–Kier alpha value is -0.130. The number of hydrogen-bond donors (Lipinski definition) is 1. The van der Waals surface area contributed by atoms with E-state index in [0.717, 1.165) is 32.2 Å². The molecule has 0 radical (unpaired) electrons. The summed E-state index contributed by atoms with van der Waals surface area (Å²) in [5.74, 6) is 0.368. The molecule has 0 aliphatic carbocycles. The van der Waals surface area contributed by atoms with Gasteiger partial charge in [0.2, 0.25) is 10.0 Å². The minimum atomic E-state index is -3.17. The Morgan fingerprint density at radius 3 is 2.32 bits per heavy atom. The lowest BCUT2D eigenvalue weighted by molar-refractivity contribution is 0.271. The molecule has 1 heterocycles. The Bertz CT molecular complexity index is 344. The minimum Gasteiger partial charge on any atom is -0.315 e. The molecular weight excluding hydrogens is 260 g/mol. The molecule has 1 aliphatic rings. The highest BCUT2D eigenvalue weighted by atomic mass is 32.2. The molecule has 0 amide bonds. The van der Waals surface area contributed by atoms with Crippen molar-refractivity contribution in [2.45, 2.75) is 64.7 Å². The number of sulfonamides is 1. The highest BCUT2D eigenvalue weighted by Gasteiger charge is 2.36. The van der Waals surface area contributed by atoms with Crippen molar-refractivity contribution in [3.8, 4) is 0 Å². The van der Waals surface area contributed by atoms with Crippen LogP contribution in [0.5, 0.6) is 0 Å². The largest absolute Gasteiger partial charge is 0.315 e. The van der Waals surface area contributed by atoms with Crippen LogP contribution >= 0.6 is 0 Å². The van der Waals surface area contributed by atoms with Gasteiger partial charge in [0.1, 0.15) is 0 Å². The second-order valence-electron chi connectivity index (χ2n) is 5.95. The minimum absolute atomic E-state index is 0.148. The zero-order valence-electron chi connectivity index (χ0n) is 12.9. The van der Waals surface area contributed by atoms with Crippen molar-refractivity contribution >= 4 is 10.0 Å². The molecule has 0 aromatic carbocycles. The molecule has 0 saturated carbocycles. The SMILES string of the molecule is CCC(CC)N(CC(C)C)S(=O)(=O)C1CCCNC1. The molecule has 5 heteroatoms. The standard InChI is InChI=1S/C14H30N2O2S/c1-5-13(6-2)16(11-12(3)4)19(17,18)14-8-7-9-15-10-14/h12-15H,5-11H2,1-4H3. The van der Waals surface area contributed by atoms with Gasteiger partial charge in [0.25, 0.3) is 0 Å². The lowest BCUT2D eigenvalue weighted by atomic mass is 10.1. The van der Waals surface area contributed by atoms with Crippen LogP contribution in [0.15, 0.2) is 0 Å². The van der Waals surface area contributed by atoms with Gasteiger partial charge < -0.3 is 5.32 Å². The molecule has 4 nitrogen and oxygen atoms in total. The van der Waals surface area contributed by atoms with Crippen LogP contribution in [-0.2, 0) is 10.0 Å². The topological polar surface area (TPSA) is 49.4 Å². The monoisotopic (exact) mass is 290 g/mol. The van der Waals surface area contributed by atoms with E-state index in [1.54, 1.807) is 4.31 Å². The summed E-state index contributed by atoms with van der Waals surface area (Å²) in [7, 11) is -3.17. The number of hydrogen-bond acceptors (Lipinski definition) is 3. The van der Waals surface area contributed by atoms with Crippen LogP contribution in [0.4, 0.5) is 0 Å². The van der Waals surface area contributed by atoms with Gasteiger partial charge in [-0.1, -0.05) is 27.7 Å². The second kappa shape index (κ2) is 7.60. The molecule has 0 bridgehead atoms. The molecule has 1 atom stereocenters. The summed E-state index contributed by atoms with van der Waals surface area (Å²) in [6.07, 6.45) is 3.54. The zero-order valence-corrected chi connectivity index (χ0v) is 13.7. The summed E-state index contributed by atoms with van der Waals surface area (Å²) in [5.41, 5.74) is 0. The quantitative estimate of drug-likeness (QED) is 0.782. The van der Waals surface area contributed by atoms with Crippen LogP contribution in [0.1, 0.15) is 53.4 Å². The van der Waals surface area contributed by atoms with Gasteiger partial charge in [-0.2, -0.15) is 4.31 Å². The van der Waals surface area contributed by atoms with Gasteiger partial charge in [0.15, 0.2) is 0 Å². The molecule has 0 aromatic rings. The summed E-state index contributed by atoms with van der Waals surface area (Å²) < 4.78 is 27.5. The first kappa shape index (κ1) is 16.9. The lowest BCUT2D eigenvalue weighted by Gasteiger charge is -2.35. The fourth-order valence-electron chi connectivity index (χ4n) is 2.78. The molecule has 1 unspecified atom stereocenters. The Morgan fingerprint density at radius 1 is 1.26 bits per heavy atom. The maximum atomic E-state index is 12.9. The average molecular weight is 290 g/mol. The van der Waals surface area contributed by atoms with Gasteiger partial charge in [-0.05, 0) is 38.1 Å². The normalized spacial score (nSPS) is 21.5. The molecule has 0 spiro atoms. The Labute approximate surface area is 119 Å². The van der Waals surface area contributed by atoms with Crippen molar-refractivity contribution in [1.29, 1.82) is 0 Å². The van der Waals surface area contributed by atoms with Crippen molar-refractivity contribution in [2.24, 2.45) is 5.92 Å². The van der Waals surface area contributed by atoms with Crippen molar-refractivity contribution in [3.05, 3.63) is 0 Å². The van der Waals surface area contributed by atoms with Crippen molar-refractivity contribution in [1.82, 2.24) is 9.62 Å². The number of nitrogens with zero attached hydrogens (tertiary/aromatic N) is 1. The maximum Gasteiger partial charge on any atom is 0.218 e. The molecule has 1 N–H and O–H groups in total. The van der Waals surface area contributed by atoms with E-state index in [1.807, 2.05) is 0 Å². The van der Waals surface area contributed by atoms with E-state index in [2.05, 4.69) is 33.0 Å². The van der Waals surface area contributed by atoms with E-state index in [1.165, 1.54) is 0 Å². The molecule has 1 fully saturated rings. The van der Waals surface area contributed by atoms with Crippen LogP contribution in [0.2, 0.25) is 0 Å². The van der Waals surface area contributed by atoms with E-state index >= 15 is 0 Å². The Balaban J connectivity index is 2.93. The molecule has 114 valence electrons. The van der Waals surface area contributed by atoms with Gasteiger partial charge in [0.05, 0.1) is 5.25 Å². The highest BCUT2D eigenvalue weighted by Crippen LogP contribution is 2.23. The van der Waals surface area contributed by atoms with Crippen LogP contribution < -0.4 is 5.32 Å². The number of nitrogens with one attached hydrogen (secondary N) is 1. The summed E-state index contributed by atoms with van der Waals surface area (Å²) in [6, 6.07) is 0.148. The predicted octanol–water partition coefficient (Wildman–Crippen LogP) is 2.21. The third-order valence-electron chi connectivity index (χ3n) is 3.89. The van der Waals surface area contributed by atoms with Crippen molar-refractivity contribution in [3.63, 3.8) is 0 Å². The first-order valence-electron chi connectivity index (χ1n) is 7.64. The molecule has 19 heavy (non-hydrogen) atoms. The lowest BCUT2D eigenvalue weighted by Crippen LogP contribution is -2.50. The van der Waals surface area contributed by atoms with Crippen molar-refractivity contribution in [2.75, 3.05) is 19.6 Å². The Morgan fingerprint density at radius 2 is 1.89 bits per heavy atom. The van der Waals surface area contributed by atoms with Crippen LogP contribution in [0, 0.1) is 5.92 Å². The van der Waals surface area contributed by atoms with E-state index in [9.17, 15) is 8.42 Å². The fourth-order valence-corrected chi connectivity index (χ4v) is 5.18. The van der Waals surface area contributed by atoms with Gasteiger partial charge in [0, 0.05) is 19.1 Å². The summed E-state index contributed by atoms with van der Waals surface area (Å²) in [6.45, 7) is 10.5. The van der Waals surface area contributed by atoms with Crippen LogP contribution in [0.3, 0.4) is 0 Å². The third kappa shape index (κ3) is 4.43. The van der Waals surface area contributed by atoms with Crippen LogP contribution in [0.25, 0.3) is 0 Å². The predicted molar refractivity (Wildman–Crippen MR) is 80.7 cm³/mol. The third-order valence-corrected chi connectivity index (χ3v) is 6.24. The zero-order chi connectivity index (χ0) is 14.5. The number of piperidine rings is 1. The summed E-state index contributed by atoms with van der Waals surface area (Å²) in [5, 5.41) is 2.98. The average Bonchev–Trinajstić information content (AvgIpc) is 2.39. The van der Waals surface area contributed by atoms with Crippen LogP contribution in [-0.4, -0.2) is 43.6 Å². The molecule has 1 saturated heterocycles. The van der Waals surface area contributed by atoms with Gasteiger partial charge in [-0.15, -0.1) is 0 Å². The van der Waals surface area contributed by atoms with Gasteiger partial charge >= 0.3 is 0 Å². The summed E-state index contributed by atoms with van der Waals surface area (Å²) >= 11 is 0. The van der Waals surface area contributed by atoms with Gasteiger partial charge in [-0.25, -0.2) is 8.42 Å². The first-order chi connectivity index (χ1) is 8.93. The fraction of sp³-hybridized carbons (Fsp3) is 1.00. The molecule has 1 aliphatic heterocycles. The first-order valence-corrected chi connectivity index (χ1v) is 9.15. The summed E-state index contributed by atoms with van der Waals surface area (Å²) in [4.78, 5) is 0.